The van der Waals surface area contributed by atoms with Crippen LogP contribution in [0.1, 0.15) is 36.5 Å². The molecule has 1 fully saturated rings. The number of hydrogen-bond donors (Lipinski definition) is 2. The van der Waals surface area contributed by atoms with Gasteiger partial charge in [0.05, 0.1) is 6.61 Å². The van der Waals surface area contributed by atoms with Crippen molar-refractivity contribution in [3.63, 3.8) is 0 Å². The Morgan fingerprint density at radius 3 is 2.57 bits per heavy atom. The fourth-order valence-electron chi connectivity index (χ4n) is 2.70. The molecule has 0 atom stereocenters. The summed E-state index contributed by atoms with van der Waals surface area (Å²) in [4.78, 5) is 12.3. The lowest BCUT2D eigenvalue weighted by molar-refractivity contribution is 0.0922. The van der Waals surface area contributed by atoms with Crippen LogP contribution in [-0.4, -0.2) is 45.9 Å². The maximum absolute atomic E-state index is 12.3. The van der Waals surface area contributed by atoms with Crippen molar-refractivity contribution in [3.8, 4) is 5.75 Å². The second-order valence-corrected chi connectivity index (χ2v) is 6.46. The second kappa shape index (κ2) is 8.89. The highest BCUT2D eigenvalue weighted by molar-refractivity contribution is 5.94. The van der Waals surface area contributed by atoms with Crippen LogP contribution in [-0.2, 0) is 4.74 Å². The number of amides is 1. The highest BCUT2D eigenvalue weighted by Gasteiger charge is 2.27. The van der Waals surface area contributed by atoms with Crippen LogP contribution in [0.5, 0.6) is 5.75 Å². The zero-order valence-electron chi connectivity index (χ0n) is 14.2. The molecule has 1 heterocycles. The van der Waals surface area contributed by atoms with Gasteiger partial charge < -0.3 is 20.1 Å². The van der Waals surface area contributed by atoms with Crippen LogP contribution in [0.15, 0.2) is 24.3 Å². The van der Waals surface area contributed by atoms with Gasteiger partial charge in [0.2, 0.25) is 0 Å². The van der Waals surface area contributed by atoms with E-state index in [1.54, 1.807) is 7.11 Å². The average molecular weight is 320 g/mol. The molecule has 23 heavy (non-hydrogen) atoms. The molecule has 0 radical (unpaired) electrons. The van der Waals surface area contributed by atoms with E-state index in [-0.39, 0.29) is 11.3 Å². The smallest absolute Gasteiger partial charge is 0.251 e. The largest absolute Gasteiger partial charge is 0.494 e. The van der Waals surface area contributed by atoms with Gasteiger partial charge in [-0.25, -0.2) is 0 Å². The van der Waals surface area contributed by atoms with Gasteiger partial charge in [-0.05, 0) is 55.6 Å². The van der Waals surface area contributed by atoms with Crippen molar-refractivity contribution >= 4 is 5.91 Å². The Balaban J connectivity index is 1.78. The molecule has 5 nitrogen and oxygen atoms in total. The van der Waals surface area contributed by atoms with E-state index in [1.165, 1.54) is 0 Å². The highest BCUT2D eigenvalue weighted by Crippen LogP contribution is 2.26. The number of ether oxygens (including phenoxy) is 2. The van der Waals surface area contributed by atoms with Crippen molar-refractivity contribution in [3.05, 3.63) is 29.8 Å². The summed E-state index contributed by atoms with van der Waals surface area (Å²) in [5.41, 5.74) is 0.873. The normalized spacial score (nSPS) is 16.8. The van der Waals surface area contributed by atoms with Gasteiger partial charge in [0, 0.05) is 32.2 Å². The molecule has 0 saturated carbocycles. The number of rotatable bonds is 8. The van der Waals surface area contributed by atoms with E-state index in [4.69, 9.17) is 9.47 Å². The minimum absolute atomic E-state index is 0.0179. The summed E-state index contributed by atoms with van der Waals surface area (Å²) in [7, 11) is 1.68. The second-order valence-electron chi connectivity index (χ2n) is 6.46. The highest BCUT2D eigenvalue weighted by atomic mass is 16.5. The molecule has 128 valence electrons. The third-order valence-corrected chi connectivity index (χ3v) is 4.36. The van der Waals surface area contributed by atoms with Gasteiger partial charge in [0.1, 0.15) is 5.75 Å². The topological polar surface area (TPSA) is 59.6 Å². The van der Waals surface area contributed by atoms with Crippen LogP contribution in [0.2, 0.25) is 0 Å². The Bertz CT molecular complexity index is 482. The molecule has 5 heteroatoms. The van der Waals surface area contributed by atoms with Crippen LogP contribution < -0.4 is 15.4 Å². The van der Waals surface area contributed by atoms with Crippen molar-refractivity contribution in [2.24, 2.45) is 5.41 Å². The fourth-order valence-corrected chi connectivity index (χ4v) is 2.70. The lowest BCUT2D eigenvalue weighted by atomic mass is 9.81. The molecule has 1 aromatic carbocycles. The minimum atomic E-state index is -0.0179. The molecular formula is C18H28N2O3. The summed E-state index contributed by atoms with van der Waals surface area (Å²) in [6, 6.07) is 7.30. The lowest BCUT2D eigenvalue weighted by Gasteiger charge is -2.34. The first-order chi connectivity index (χ1) is 11.1. The Kier molecular flexibility index (Phi) is 6.86. The molecule has 0 spiro atoms. The zero-order chi connectivity index (χ0) is 16.5. The number of methoxy groups -OCH3 is 1. The predicted octanol–water partition coefficient (Wildman–Crippen LogP) is 2.22. The monoisotopic (exact) mass is 320 g/mol. The molecule has 0 unspecified atom stereocenters. The summed E-state index contributed by atoms with van der Waals surface area (Å²) >= 11 is 0. The minimum Gasteiger partial charge on any atom is -0.494 e. The van der Waals surface area contributed by atoms with E-state index >= 15 is 0 Å². The molecule has 1 aliphatic heterocycles. The van der Waals surface area contributed by atoms with Gasteiger partial charge in [0.15, 0.2) is 0 Å². The third-order valence-electron chi connectivity index (χ3n) is 4.36. The van der Waals surface area contributed by atoms with Crippen molar-refractivity contribution in [1.29, 1.82) is 0 Å². The van der Waals surface area contributed by atoms with Crippen LogP contribution in [0.4, 0.5) is 0 Å². The van der Waals surface area contributed by atoms with E-state index in [0.717, 1.165) is 44.6 Å². The predicted molar refractivity (Wildman–Crippen MR) is 91.0 cm³/mol. The van der Waals surface area contributed by atoms with Crippen LogP contribution in [0, 0.1) is 5.41 Å². The van der Waals surface area contributed by atoms with E-state index in [1.807, 2.05) is 24.3 Å². The molecule has 0 bridgehead atoms. The Morgan fingerprint density at radius 1 is 1.22 bits per heavy atom. The Morgan fingerprint density at radius 2 is 1.91 bits per heavy atom. The summed E-state index contributed by atoms with van der Waals surface area (Å²) < 4.78 is 10.6. The molecule has 2 N–H and O–H groups in total. The van der Waals surface area contributed by atoms with Crippen molar-refractivity contribution in [2.45, 2.75) is 26.2 Å². The standard InChI is InChI=1S/C18H28N2O3/c1-18(8-10-19-11-9-18)14-20-17(21)15-4-6-16(7-5-15)23-13-3-12-22-2/h4-7,19H,3,8-14H2,1-2H3,(H,20,21). The van der Waals surface area contributed by atoms with E-state index in [0.29, 0.717) is 18.8 Å². The van der Waals surface area contributed by atoms with Crippen molar-refractivity contribution in [2.75, 3.05) is 40.0 Å². The maximum atomic E-state index is 12.3. The Hall–Kier alpha value is -1.59. The van der Waals surface area contributed by atoms with Crippen molar-refractivity contribution in [1.82, 2.24) is 10.6 Å². The van der Waals surface area contributed by atoms with Crippen molar-refractivity contribution < 1.29 is 14.3 Å². The van der Waals surface area contributed by atoms with Crippen LogP contribution in [0.25, 0.3) is 0 Å². The summed E-state index contributed by atoms with van der Waals surface area (Å²) in [6.07, 6.45) is 3.05. The number of benzene rings is 1. The number of hydrogen-bond acceptors (Lipinski definition) is 4. The van der Waals surface area contributed by atoms with Gasteiger partial charge in [-0.3, -0.25) is 4.79 Å². The fraction of sp³-hybridized carbons (Fsp3) is 0.611. The summed E-state index contributed by atoms with van der Waals surface area (Å²) in [5.74, 6) is 0.763. The molecule has 1 saturated heterocycles. The summed E-state index contributed by atoms with van der Waals surface area (Å²) in [5, 5.41) is 6.42. The number of nitrogens with one attached hydrogen (secondary N) is 2. The molecule has 1 aromatic rings. The molecule has 1 aliphatic rings. The maximum Gasteiger partial charge on any atom is 0.251 e. The third kappa shape index (κ3) is 5.84. The van der Waals surface area contributed by atoms with Gasteiger partial charge in [-0.15, -0.1) is 0 Å². The molecule has 0 aromatic heterocycles. The first-order valence-corrected chi connectivity index (χ1v) is 8.34. The molecular weight excluding hydrogens is 292 g/mol. The number of piperidine rings is 1. The van der Waals surface area contributed by atoms with Gasteiger partial charge >= 0.3 is 0 Å². The molecule has 1 amide bonds. The van der Waals surface area contributed by atoms with Gasteiger partial charge in [-0.2, -0.15) is 0 Å². The van der Waals surface area contributed by atoms with E-state index < -0.39 is 0 Å². The van der Waals surface area contributed by atoms with Gasteiger partial charge in [-0.1, -0.05) is 6.92 Å². The van der Waals surface area contributed by atoms with E-state index in [2.05, 4.69) is 17.6 Å². The quantitative estimate of drug-likeness (QED) is 0.721. The first kappa shape index (κ1) is 17.8. The Labute approximate surface area is 138 Å². The zero-order valence-corrected chi connectivity index (χ0v) is 14.2. The number of carbonyl (C=O) groups is 1. The summed E-state index contributed by atoms with van der Waals surface area (Å²) in [6.45, 7) is 6.33. The molecule has 2 rings (SSSR count). The first-order valence-electron chi connectivity index (χ1n) is 8.34. The average Bonchev–Trinajstić information content (AvgIpc) is 2.58. The SMILES string of the molecule is COCCCOc1ccc(C(=O)NCC2(C)CCNCC2)cc1. The number of carbonyl (C=O) groups excluding carboxylic acids is 1. The molecule has 0 aliphatic carbocycles. The van der Waals surface area contributed by atoms with Gasteiger partial charge in [0.25, 0.3) is 5.91 Å². The lowest BCUT2D eigenvalue weighted by Crippen LogP contribution is -2.42. The van der Waals surface area contributed by atoms with Crippen LogP contribution in [0.3, 0.4) is 0 Å². The van der Waals surface area contributed by atoms with Crippen LogP contribution >= 0.6 is 0 Å². The van der Waals surface area contributed by atoms with E-state index in [9.17, 15) is 4.79 Å².